The number of aromatic amines is 1. The van der Waals surface area contributed by atoms with Crippen molar-refractivity contribution >= 4 is 5.91 Å². The predicted octanol–water partition coefficient (Wildman–Crippen LogP) is 3.35. The molecule has 6 nitrogen and oxygen atoms in total. The highest BCUT2D eigenvalue weighted by molar-refractivity contribution is 5.93. The molecule has 0 saturated carbocycles. The van der Waals surface area contributed by atoms with Gasteiger partial charge >= 0.3 is 0 Å². The van der Waals surface area contributed by atoms with Crippen LogP contribution in [0.4, 0.5) is 0 Å². The first-order chi connectivity index (χ1) is 11.7. The summed E-state index contributed by atoms with van der Waals surface area (Å²) >= 11 is 0. The second-order valence-electron chi connectivity index (χ2n) is 6.05. The third-order valence-corrected chi connectivity index (χ3v) is 4.38. The van der Waals surface area contributed by atoms with E-state index in [4.69, 9.17) is 4.52 Å². The molecule has 1 unspecified atom stereocenters. The average molecular weight is 322 g/mol. The van der Waals surface area contributed by atoms with Gasteiger partial charge in [0.2, 0.25) is 0 Å². The molecule has 2 aromatic heterocycles. The van der Waals surface area contributed by atoms with Gasteiger partial charge in [-0.2, -0.15) is 5.10 Å². The van der Waals surface area contributed by atoms with E-state index in [1.54, 1.807) is 6.07 Å². The summed E-state index contributed by atoms with van der Waals surface area (Å²) in [6.45, 7) is 2.58. The zero-order valence-corrected chi connectivity index (χ0v) is 13.4. The number of hydrogen-bond acceptors (Lipinski definition) is 4. The van der Waals surface area contributed by atoms with Crippen molar-refractivity contribution in [1.82, 2.24) is 20.3 Å². The number of rotatable bonds is 3. The van der Waals surface area contributed by atoms with Gasteiger partial charge in [0.1, 0.15) is 17.1 Å². The van der Waals surface area contributed by atoms with Gasteiger partial charge in [-0.3, -0.25) is 9.89 Å². The summed E-state index contributed by atoms with van der Waals surface area (Å²) in [5.41, 5.74) is 3.08. The maximum atomic E-state index is 12.9. The second kappa shape index (κ2) is 5.96. The largest absolute Gasteiger partial charge is 0.361 e. The van der Waals surface area contributed by atoms with Gasteiger partial charge in [-0.05, 0) is 25.8 Å². The number of carbonyl (C=O) groups is 1. The lowest BCUT2D eigenvalue weighted by Gasteiger charge is -2.22. The standard InChI is InChI=1S/C18H18N4O2/c1-12-10-15(21-24-12)17-8-5-9-22(17)18(23)16-11-14(19-20-16)13-6-3-2-4-7-13/h2-4,6-7,10-11,17H,5,8-9H2,1H3,(H,19,20). The molecule has 1 aliphatic heterocycles. The SMILES string of the molecule is Cc1cc(C2CCCN2C(=O)c2cc(-c3ccccc3)n[nH]2)no1. The van der Waals surface area contributed by atoms with Crippen molar-refractivity contribution in [3.63, 3.8) is 0 Å². The Morgan fingerprint density at radius 1 is 1.29 bits per heavy atom. The Balaban J connectivity index is 1.58. The highest BCUT2D eigenvalue weighted by atomic mass is 16.5. The van der Waals surface area contributed by atoms with Crippen molar-refractivity contribution in [2.75, 3.05) is 6.54 Å². The molecule has 122 valence electrons. The minimum atomic E-state index is -0.0483. The Kier molecular flexibility index (Phi) is 3.65. The molecule has 1 aliphatic rings. The number of amides is 1. The number of benzene rings is 1. The number of aryl methyl sites for hydroxylation is 1. The molecule has 0 aliphatic carbocycles. The van der Waals surface area contributed by atoms with Crippen LogP contribution in [0.5, 0.6) is 0 Å². The summed E-state index contributed by atoms with van der Waals surface area (Å²) < 4.78 is 5.16. The monoisotopic (exact) mass is 322 g/mol. The zero-order chi connectivity index (χ0) is 16.5. The predicted molar refractivity (Wildman–Crippen MR) is 88.3 cm³/mol. The normalized spacial score (nSPS) is 17.4. The molecule has 1 fully saturated rings. The van der Waals surface area contributed by atoms with Crippen LogP contribution in [-0.2, 0) is 0 Å². The maximum Gasteiger partial charge on any atom is 0.272 e. The van der Waals surface area contributed by atoms with Gasteiger partial charge in [-0.25, -0.2) is 0 Å². The first-order valence-electron chi connectivity index (χ1n) is 8.07. The minimum absolute atomic E-state index is 0.0292. The van der Waals surface area contributed by atoms with Crippen molar-refractivity contribution in [2.45, 2.75) is 25.8 Å². The van der Waals surface area contributed by atoms with Gasteiger partial charge in [0.15, 0.2) is 0 Å². The molecule has 3 heterocycles. The minimum Gasteiger partial charge on any atom is -0.361 e. The Labute approximate surface area is 139 Å². The fourth-order valence-electron chi connectivity index (χ4n) is 3.20. The van der Waals surface area contributed by atoms with Crippen molar-refractivity contribution in [1.29, 1.82) is 0 Å². The Hall–Kier alpha value is -2.89. The van der Waals surface area contributed by atoms with Crippen molar-refractivity contribution < 1.29 is 9.32 Å². The molecule has 0 radical (unpaired) electrons. The molecule has 1 N–H and O–H groups in total. The first kappa shape index (κ1) is 14.7. The number of H-pyrrole nitrogens is 1. The smallest absolute Gasteiger partial charge is 0.272 e. The second-order valence-corrected chi connectivity index (χ2v) is 6.05. The van der Waals surface area contributed by atoms with Gasteiger partial charge in [-0.1, -0.05) is 35.5 Å². The van der Waals surface area contributed by atoms with Crippen LogP contribution in [0.3, 0.4) is 0 Å². The Bertz CT molecular complexity index is 853. The van der Waals surface area contributed by atoms with Crippen LogP contribution in [0.25, 0.3) is 11.3 Å². The van der Waals surface area contributed by atoms with Crippen LogP contribution in [0.2, 0.25) is 0 Å². The molecule has 1 amide bonds. The van der Waals surface area contributed by atoms with Gasteiger partial charge in [0, 0.05) is 18.2 Å². The van der Waals surface area contributed by atoms with E-state index in [-0.39, 0.29) is 11.9 Å². The highest BCUT2D eigenvalue weighted by Gasteiger charge is 2.33. The lowest BCUT2D eigenvalue weighted by Crippen LogP contribution is -2.31. The van der Waals surface area contributed by atoms with Crippen LogP contribution >= 0.6 is 0 Å². The first-order valence-corrected chi connectivity index (χ1v) is 8.07. The summed E-state index contributed by atoms with van der Waals surface area (Å²) in [7, 11) is 0. The quantitative estimate of drug-likeness (QED) is 0.802. The molecule has 3 aromatic rings. The van der Waals surface area contributed by atoms with Crippen LogP contribution in [0.1, 0.15) is 40.8 Å². The fourth-order valence-corrected chi connectivity index (χ4v) is 3.20. The van der Waals surface area contributed by atoms with E-state index in [0.29, 0.717) is 5.69 Å². The van der Waals surface area contributed by atoms with Crippen molar-refractivity contribution in [3.8, 4) is 11.3 Å². The fraction of sp³-hybridized carbons (Fsp3) is 0.278. The number of carbonyl (C=O) groups excluding carboxylic acids is 1. The van der Waals surface area contributed by atoms with Crippen molar-refractivity contribution in [2.24, 2.45) is 0 Å². The lowest BCUT2D eigenvalue weighted by atomic mass is 10.1. The third-order valence-electron chi connectivity index (χ3n) is 4.38. The summed E-state index contributed by atoms with van der Waals surface area (Å²) in [6.07, 6.45) is 1.86. The van der Waals surface area contributed by atoms with E-state index in [2.05, 4.69) is 15.4 Å². The number of hydrogen-bond donors (Lipinski definition) is 1. The van der Waals surface area contributed by atoms with E-state index in [1.807, 2.05) is 48.2 Å². The van der Waals surface area contributed by atoms with Gasteiger partial charge < -0.3 is 9.42 Å². The molecule has 0 bridgehead atoms. The van der Waals surface area contributed by atoms with Gasteiger partial charge in [0.05, 0.1) is 11.7 Å². The van der Waals surface area contributed by atoms with Gasteiger partial charge in [0.25, 0.3) is 5.91 Å². The van der Waals surface area contributed by atoms with E-state index in [9.17, 15) is 4.79 Å². The molecular weight excluding hydrogens is 304 g/mol. The summed E-state index contributed by atoms with van der Waals surface area (Å²) in [6, 6.07) is 13.5. The molecule has 0 spiro atoms. The number of aromatic nitrogens is 3. The van der Waals surface area contributed by atoms with E-state index in [0.717, 1.165) is 42.1 Å². The summed E-state index contributed by atoms with van der Waals surface area (Å²) in [5, 5.41) is 11.2. The lowest BCUT2D eigenvalue weighted by molar-refractivity contribution is 0.0725. The van der Waals surface area contributed by atoms with Crippen LogP contribution < -0.4 is 0 Å². The molecule has 1 aromatic carbocycles. The summed E-state index contributed by atoms with van der Waals surface area (Å²) in [5.74, 6) is 0.713. The zero-order valence-electron chi connectivity index (χ0n) is 13.4. The van der Waals surface area contributed by atoms with Crippen LogP contribution in [0, 0.1) is 6.92 Å². The average Bonchev–Trinajstić information content (AvgIpc) is 3.35. The molecule has 1 saturated heterocycles. The maximum absolute atomic E-state index is 12.9. The molecular formula is C18H18N4O2. The Morgan fingerprint density at radius 3 is 2.88 bits per heavy atom. The summed E-state index contributed by atoms with van der Waals surface area (Å²) in [4.78, 5) is 14.7. The number of nitrogens with one attached hydrogen (secondary N) is 1. The molecule has 1 atom stereocenters. The van der Waals surface area contributed by atoms with E-state index < -0.39 is 0 Å². The van der Waals surface area contributed by atoms with Crippen LogP contribution in [-0.4, -0.2) is 32.7 Å². The number of likely N-dealkylation sites (tertiary alicyclic amines) is 1. The molecule has 6 heteroatoms. The highest BCUT2D eigenvalue weighted by Crippen LogP contribution is 2.32. The van der Waals surface area contributed by atoms with E-state index >= 15 is 0 Å². The topological polar surface area (TPSA) is 75.0 Å². The third kappa shape index (κ3) is 2.60. The van der Waals surface area contributed by atoms with Crippen molar-refractivity contribution in [3.05, 3.63) is 59.6 Å². The number of nitrogens with zero attached hydrogens (tertiary/aromatic N) is 3. The van der Waals surface area contributed by atoms with Crippen LogP contribution in [0.15, 0.2) is 47.0 Å². The molecule has 24 heavy (non-hydrogen) atoms. The van der Waals surface area contributed by atoms with E-state index in [1.165, 1.54) is 0 Å². The molecule has 4 rings (SSSR count). The Morgan fingerprint density at radius 2 is 2.12 bits per heavy atom. The van der Waals surface area contributed by atoms with Gasteiger partial charge in [-0.15, -0.1) is 0 Å².